The predicted molar refractivity (Wildman–Crippen MR) is 82.2 cm³/mol. The number of ether oxygens (including phenoxy) is 1. The van der Waals surface area contributed by atoms with Crippen LogP contribution in [0.3, 0.4) is 0 Å². The van der Waals surface area contributed by atoms with Gasteiger partial charge in [0, 0.05) is 25.3 Å². The number of primary amides is 1. The van der Waals surface area contributed by atoms with Crippen molar-refractivity contribution >= 4 is 11.6 Å². The van der Waals surface area contributed by atoms with Crippen LogP contribution in [0, 0.1) is 0 Å². The molecule has 0 heterocycles. The van der Waals surface area contributed by atoms with Crippen LogP contribution in [0.1, 0.15) is 19.8 Å². The second-order valence-electron chi connectivity index (χ2n) is 5.17. The van der Waals surface area contributed by atoms with Crippen molar-refractivity contribution in [3.05, 3.63) is 24.3 Å². The molecule has 1 aromatic carbocycles. The maximum absolute atomic E-state index is 11.4. The molecule has 1 atom stereocenters. The summed E-state index contributed by atoms with van der Waals surface area (Å²) in [4.78, 5) is 13.5. The first-order valence-corrected chi connectivity index (χ1v) is 6.77. The number of carbonyl (C=O) groups excluding carboxylic acids is 1. The highest BCUT2D eigenvalue weighted by atomic mass is 16.5. The first-order chi connectivity index (χ1) is 9.42. The number of anilines is 1. The lowest BCUT2D eigenvalue weighted by molar-refractivity contribution is -0.123. The van der Waals surface area contributed by atoms with Crippen LogP contribution >= 0.6 is 0 Å². The molecule has 1 rings (SSSR count). The molecule has 5 nitrogen and oxygen atoms in total. The van der Waals surface area contributed by atoms with Crippen LogP contribution in [-0.2, 0) is 4.79 Å². The second-order valence-corrected chi connectivity index (χ2v) is 5.17. The third-order valence-corrected chi connectivity index (χ3v) is 3.76. The first kappa shape index (κ1) is 16.3. The summed E-state index contributed by atoms with van der Waals surface area (Å²) >= 11 is 0. The van der Waals surface area contributed by atoms with Crippen molar-refractivity contribution in [1.82, 2.24) is 5.32 Å². The molecule has 0 bridgehead atoms. The average molecular weight is 279 g/mol. The number of nitrogens with two attached hydrogens (primary N) is 1. The predicted octanol–water partition coefficient (Wildman–Crippen LogP) is 1.38. The van der Waals surface area contributed by atoms with Gasteiger partial charge in [-0.15, -0.1) is 0 Å². The molecule has 20 heavy (non-hydrogen) atoms. The van der Waals surface area contributed by atoms with E-state index in [0.29, 0.717) is 6.42 Å². The number of rotatable bonds is 8. The molecule has 0 aliphatic rings. The fourth-order valence-electron chi connectivity index (χ4n) is 2.02. The highest BCUT2D eigenvalue weighted by Gasteiger charge is 2.28. The number of methoxy groups -OCH3 is 1. The highest BCUT2D eigenvalue weighted by Crippen LogP contribution is 2.21. The van der Waals surface area contributed by atoms with Crippen molar-refractivity contribution in [2.45, 2.75) is 25.3 Å². The Labute approximate surface area is 121 Å². The van der Waals surface area contributed by atoms with Crippen LogP contribution in [0.25, 0.3) is 0 Å². The monoisotopic (exact) mass is 279 g/mol. The molecule has 0 spiro atoms. The van der Waals surface area contributed by atoms with Gasteiger partial charge in [-0.3, -0.25) is 4.79 Å². The summed E-state index contributed by atoms with van der Waals surface area (Å²) in [6, 6.07) is 7.91. The molecule has 1 unspecified atom stereocenters. The lowest BCUT2D eigenvalue weighted by Crippen LogP contribution is -2.51. The van der Waals surface area contributed by atoms with Crippen molar-refractivity contribution in [2.24, 2.45) is 5.73 Å². The van der Waals surface area contributed by atoms with Gasteiger partial charge in [-0.1, -0.05) is 6.07 Å². The molecule has 0 saturated carbocycles. The molecular weight excluding hydrogens is 254 g/mol. The van der Waals surface area contributed by atoms with Gasteiger partial charge in [0.05, 0.1) is 12.6 Å². The van der Waals surface area contributed by atoms with E-state index in [-0.39, 0.29) is 5.91 Å². The summed E-state index contributed by atoms with van der Waals surface area (Å²) in [7, 11) is 5.44. The molecule has 0 radical (unpaired) electrons. The fourth-order valence-corrected chi connectivity index (χ4v) is 2.02. The Morgan fingerprint density at radius 1 is 1.50 bits per heavy atom. The number of hydrogen-bond donors (Lipinski definition) is 2. The van der Waals surface area contributed by atoms with E-state index < -0.39 is 5.54 Å². The van der Waals surface area contributed by atoms with Gasteiger partial charge in [-0.2, -0.15) is 0 Å². The maximum Gasteiger partial charge on any atom is 0.237 e. The Morgan fingerprint density at radius 2 is 2.20 bits per heavy atom. The van der Waals surface area contributed by atoms with Gasteiger partial charge in [0.1, 0.15) is 5.75 Å². The summed E-state index contributed by atoms with van der Waals surface area (Å²) < 4.78 is 5.21. The van der Waals surface area contributed by atoms with Crippen LogP contribution in [0.5, 0.6) is 5.75 Å². The molecule has 3 N–H and O–H groups in total. The normalized spacial score (nSPS) is 13.6. The number of nitrogens with one attached hydrogen (secondary N) is 1. The average Bonchev–Trinajstić information content (AvgIpc) is 2.46. The third-order valence-electron chi connectivity index (χ3n) is 3.76. The van der Waals surface area contributed by atoms with E-state index in [9.17, 15) is 4.79 Å². The van der Waals surface area contributed by atoms with Crippen molar-refractivity contribution in [3.8, 4) is 5.75 Å². The molecular formula is C15H25N3O2. The van der Waals surface area contributed by atoms with Gasteiger partial charge >= 0.3 is 0 Å². The van der Waals surface area contributed by atoms with E-state index in [4.69, 9.17) is 10.5 Å². The topological polar surface area (TPSA) is 67.6 Å². The Balaban J connectivity index is 2.55. The Bertz CT molecular complexity index is 450. The van der Waals surface area contributed by atoms with Gasteiger partial charge in [-0.05, 0) is 38.9 Å². The van der Waals surface area contributed by atoms with Gasteiger partial charge in [0.2, 0.25) is 5.91 Å². The molecule has 0 aliphatic carbocycles. The smallest absolute Gasteiger partial charge is 0.237 e. The summed E-state index contributed by atoms with van der Waals surface area (Å²) in [5.41, 5.74) is 5.86. The van der Waals surface area contributed by atoms with E-state index in [1.165, 1.54) is 0 Å². The van der Waals surface area contributed by atoms with Gasteiger partial charge in [0.25, 0.3) is 0 Å². The standard InChI is InChI=1S/C15H25N3O2/c1-15(17-2,14(16)19)9-6-10-18(3)12-7-5-8-13(11-12)20-4/h5,7-8,11,17H,6,9-10H2,1-4H3,(H2,16,19). The number of benzene rings is 1. The van der Waals surface area contributed by atoms with Gasteiger partial charge in [0.15, 0.2) is 0 Å². The Hall–Kier alpha value is -1.75. The van der Waals surface area contributed by atoms with E-state index in [0.717, 1.165) is 24.4 Å². The van der Waals surface area contributed by atoms with Crippen LogP contribution < -0.4 is 20.7 Å². The largest absolute Gasteiger partial charge is 0.497 e. The number of nitrogens with zero attached hydrogens (tertiary/aromatic N) is 1. The molecule has 0 fully saturated rings. The number of likely N-dealkylation sites (N-methyl/N-ethyl adjacent to an activating group) is 1. The second kappa shape index (κ2) is 7.14. The van der Waals surface area contributed by atoms with E-state index in [1.54, 1.807) is 14.2 Å². The van der Waals surface area contributed by atoms with E-state index in [2.05, 4.69) is 10.2 Å². The molecule has 1 amide bonds. The van der Waals surface area contributed by atoms with Crippen molar-refractivity contribution in [1.29, 1.82) is 0 Å². The summed E-state index contributed by atoms with van der Waals surface area (Å²) in [5.74, 6) is 0.524. The Morgan fingerprint density at radius 3 is 2.75 bits per heavy atom. The van der Waals surface area contributed by atoms with Gasteiger partial charge < -0.3 is 20.7 Å². The highest BCUT2D eigenvalue weighted by molar-refractivity contribution is 5.84. The molecule has 0 saturated heterocycles. The molecule has 0 aliphatic heterocycles. The number of carbonyl (C=O) groups is 1. The number of amides is 1. The van der Waals surface area contributed by atoms with Gasteiger partial charge in [-0.25, -0.2) is 0 Å². The first-order valence-electron chi connectivity index (χ1n) is 6.77. The van der Waals surface area contributed by atoms with Crippen molar-refractivity contribution in [3.63, 3.8) is 0 Å². The van der Waals surface area contributed by atoms with Crippen LogP contribution in [0.4, 0.5) is 5.69 Å². The summed E-state index contributed by atoms with van der Waals surface area (Å²) in [5, 5.41) is 3.00. The summed E-state index contributed by atoms with van der Waals surface area (Å²) in [6.07, 6.45) is 1.57. The summed E-state index contributed by atoms with van der Waals surface area (Å²) in [6.45, 7) is 2.68. The van der Waals surface area contributed by atoms with Crippen molar-refractivity contribution in [2.75, 3.05) is 32.6 Å². The molecule has 5 heteroatoms. The third kappa shape index (κ3) is 4.13. The Kier molecular flexibility index (Phi) is 5.82. The minimum Gasteiger partial charge on any atom is -0.497 e. The minimum absolute atomic E-state index is 0.316. The SMILES string of the molecule is CNC(C)(CCCN(C)c1cccc(OC)c1)C(N)=O. The minimum atomic E-state index is -0.644. The fraction of sp³-hybridized carbons (Fsp3) is 0.533. The van der Waals surface area contributed by atoms with Crippen LogP contribution in [0.2, 0.25) is 0 Å². The number of hydrogen-bond acceptors (Lipinski definition) is 4. The van der Waals surface area contributed by atoms with Crippen molar-refractivity contribution < 1.29 is 9.53 Å². The zero-order valence-electron chi connectivity index (χ0n) is 12.8. The molecule has 0 aromatic heterocycles. The quantitative estimate of drug-likeness (QED) is 0.754. The zero-order chi connectivity index (χ0) is 15.2. The lowest BCUT2D eigenvalue weighted by Gasteiger charge is -2.27. The zero-order valence-corrected chi connectivity index (χ0v) is 12.8. The lowest BCUT2D eigenvalue weighted by atomic mass is 9.95. The molecule has 112 valence electrons. The molecule has 1 aromatic rings. The maximum atomic E-state index is 11.4. The van der Waals surface area contributed by atoms with Crippen LogP contribution in [-0.4, -0.2) is 39.2 Å². The van der Waals surface area contributed by atoms with E-state index >= 15 is 0 Å². The van der Waals surface area contributed by atoms with Crippen LogP contribution in [0.15, 0.2) is 24.3 Å². The van der Waals surface area contributed by atoms with E-state index in [1.807, 2.05) is 38.2 Å².